The first-order valence-corrected chi connectivity index (χ1v) is 7.27. The van der Waals surface area contributed by atoms with Crippen LogP contribution in [0.3, 0.4) is 0 Å². The molecule has 0 aliphatic carbocycles. The Kier molecular flexibility index (Phi) is 5.20. The van der Waals surface area contributed by atoms with E-state index in [1.54, 1.807) is 24.3 Å². The standard InChI is InChI=1S/C14H13ClFIN2O/c1-20-9-3-4-10(12(16)7-9)14(19-18)11-6-8(15)2-5-13(11)17/h2-7,14,19H,18H2,1H3. The molecule has 0 heterocycles. The fourth-order valence-electron chi connectivity index (χ4n) is 1.95. The highest BCUT2D eigenvalue weighted by Gasteiger charge is 2.19. The van der Waals surface area contributed by atoms with Gasteiger partial charge in [-0.25, -0.2) is 9.82 Å². The SMILES string of the molecule is COc1ccc(C(NN)c2cc(Cl)ccc2I)c(F)c1. The van der Waals surface area contributed by atoms with Gasteiger partial charge in [0, 0.05) is 20.2 Å². The van der Waals surface area contributed by atoms with Crippen LogP contribution in [0.2, 0.25) is 5.02 Å². The first kappa shape index (κ1) is 15.5. The van der Waals surface area contributed by atoms with E-state index < -0.39 is 6.04 Å². The van der Waals surface area contributed by atoms with E-state index in [4.69, 9.17) is 22.2 Å². The highest BCUT2D eigenvalue weighted by atomic mass is 127. The third-order valence-electron chi connectivity index (χ3n) is 2.95. The van der Waals surface area contributed by atoms with Gasteiger partial charge in [-0.1, -0.05) is 17.7 Å². The van der Waals surface area contributed by atoms with Gasteiger partial charge in [0.25, 0.3) is 0 Å². The summed E-state index contributed by atoms with van der Waals surface area (Å²) in [6.07, 6.45) is 0. The molecule has 0 saturated heterocycles. The first-order valence-electron chi connectivity index (χ1n) is 5.81. The number of ether oxygens (including phenoxy) is 1. The lowest BCUT2D eigenvalue weighted by atomic mass is 9.98. The molecule has 2 aromatic carbocycles. The molecule has 0 fully saturated rings. The van der Waals surface area contributed by atoms with Crippen molar-refractivity contribution in [3.8, 4) is 5.75 Å². The van der Waals surface area contributed by atoms with Crippen LogP contribution in [-0.4, -0.2) is 7.11 Å². The van der Waals surface area contributed by atoms with Crippen molar-refractivity contribution in [3.05, 3.63) is 61.9 Å². The van der Waals surface area contributed by atoms with Gasteiger partial charge in [-0.05, 0) is 52.4 Å². The van der Waals surface area contributed by atoms with Crippen LogP contribution in [0.15, 0.2) is 36.4 Å². The lowest BCUT2D eigenvalue weighted by Gasteiger charge is -2.19. The number of hydrazine groups is 1. The summed E-state index contributed by atoms with van der Waals surface area (Å²) < 4.78 is 20.1. The molecular weight excluding hydrogens is 394 g/mol. The zero-order valence-corrected chi connectivity index (χ0v) is 13.6. The number of methoxy groups -OCH3 is 1. The molecule has 106 valence electrons. The number of hydrogen-bond acceptors (Lipinski definition) is 3. The first-order chi connectivity index (χ1) is 9.56. The van der Waals surface area contributed by atoms with Gasteiger partial charge in [-0.15, -0.1) is 0 Å². The summed E-state index contributed by atoms with van der Waals surface area (Å²) >= 11 is 8.17. The topological polar surface area (TPSA) is 47.3 Å². The van der Waals surface area contributed by atoms with Gasteiger partial charge >= 0.3 is 0 Å². The Bertz CT molecular complexity index is 624. The van der Waals surface area contributed by atoms with E-state index in [-0.39, 0.29) is 5.82 Å². The summed E-state index contributed by atoms with van der Waals surface area (Å²) in [7, 11) is 1.49. The fraction of sp³-hybridized carbons (Fsp3) is 0.143. The predicted molar refractivity (Wildman–Crippen MR) is 86.3 cm³/mol. The van der Waals surface area contributed by atoms with Gasteiger partial charge in [0.1, 0.15) is 11.6 Å². The van der Waals surface area contributed by atoms with Crippen molar-refractivity contribution < 1.29 is 9.13 Å². The predicted octanol–water partition coefficient (Wildman–Crippen LogP) is 3.65. The lowest BCUT2D eigenvalue weighted by molar-refractivity contribution is 0.410. The highest BCUT2D eigenvalue weighted by molar-refractivity contribution is 14.1. The van der Waals surface area contributed by atoms with Gasteiger partial charge in [0.05, 0.1) is 13.2 Å². The molecule has 20 heavy (non-hydrogen) atoms. The van der Waals surface area contributed by atoms with Crippen LogP contribution in [0.25, 0.3) is 0 Å². The molecule has 0 aliphatic rings. The Hall–Kier alpha value is -0.890. The van der Waals surface area contributed by atoms with Gasteiger partial charge in [-0.3, -0.25) is 5.84 Å². The second-order valence-electron chi connectivity index (χ2n) is 4.15. The maximum atomic E-state index is 14.2. The summed E-state index contributed by atoms with van der Waals surface area (Å²) in [6.45, 7) is 0. The summed E-state index contributed by atoms with van der Waals surface area (Å²) in [5.74, 6) is 5.68. The molecule has 1 unspecified atom stereocenters. The van der Waals surface area contributed by atoms with E-state index in [1.165, 1.54) is 13.2 Å². The molecule has 0 saturated carbocycles. The summed E-state index contributed by atoms with van der Waals surface area (Å²) in [4.78, 5) is 0. The Morgan fingerprint density at radius 2 is 2.00 bits per heavy atom. The minimum Gasteiger partial charge on any atom is -0.497 e. The van der Waals surface area contributed by atoms with Crippen LogP contribution in [0.1, 0.15) is 17.2 Å². The van der Waals surface area contributed by atoms with Crippen molar-refractivity contribution in [2.45, 2.75) is 6.04 Å². The van der Waals surface area contributed by atoms with Crippen molar-refractivity contribution in [2.75, 3.05) is 7.11 Å². The van der Waals surface area contributed by atoms with Crippen molar-refractivity contribution >= 4 is 34.2 Å². The maximum absolute atomic E-state index is 14.2. The second-order valence-corrected chi connectivity index (χ2v) is 5.75. The van der Waals surface area contributed by atoms with Crippen molar-refractivity contribution in [1.29, 1.82) is 0 Å². The van der Waals surface area contributed by atoms with Crippen molar-refractivity contribution in [3.63, 3.8) is 0 Å². The van der Waals surface area contributed by atoms with Crippen LogP contribution in [-0.2, 0) is 0 Å². The van der Waals surface area contributed by atoms with Gasteiger partial charge in [-0.2, -0.15) is 0 Å². The quantitative estimate of drug-likeness (QED) is 0.463. The third kappa shape index (κ3) is 3.22. The van der Waals surface area contributed by atoms with E-state index in [9.17, 15) is 4.39 Å². The summed E-state index contributed by atoms with van der Waals surface area (Å²) in [5.41, 5.74) is 3.90. The molecule has 6 heteroatoms. The van der Waals surface area contributed by atoms with Crippen molar-refractivity contribution in [2.24, 2.45) is 5.84 Å². The number of nitrogens with one attached hydrogen (secondary N) is 1. The van der Waals surface area contributed by atoms with Crippen molar-refractivity contribution in [1.82, 2.24) is 5.43 Å². The second kappa shape index (κ2) is 6.71. The van der Waals surface area contributed by atoms with E-state index in [1.807, 2.05) is 6.07 Å². The summed E-state index contributed by atoms with van der Waals surface area (Å²) in [6, 6.07) is 9.62. The van der Waals surface area contributed by atoms with Gasteiger partial charge < -0.3 is 4.74 Å². The van der Waals surface area contributed by atoms with Crippen LogP contribution in [0, 0.1) is 9.39 Å². The molecule has 2 rings (SSSR count). The Labute approximate surface area is 135 Å². The van der Waals surface area contributed by atoms with E-state index >= 15 is 0 Å². The molecule has 1 atom stereocenters. The zero-order valence-electron chi connectivity index (χ0n) is 10.7. The van der Waals surface area contributed by atoms with Crippen LogP contribution in [0.5, 0.6) is 5.75 Å². The van der Waals surface area contributed by atoms with Crippen LogP contribution < -0.4 is 16.0 Å². The largest absolute Gasteiger partial charge is 0.497 e. The molecule has 0 aliphatic heterocycles. The maximum Gasteiger partial charge on any atom is 0.132 e. The number of benzene rings is 2. The molecule has 0 bridgehead atoms. The minimum atomic E-state index is -0.480. The molecule has 0 amide bonds. The number of nitrogens with two attached hydrogens (primary N) is 1. The average Bonchev–Trinajstić information content (AvgIpc) is 2.44. The zero-order chi connectivity index (χ0) is 14.7. The minimum absolute atomic E-state index is 0.386. The lowest BCUT2D eigenvalue weighted by Crippen LogP contribution is -2.30. The molecular formula is C14H13ClFIN2O. The number of rotatable bonds is 4. The molecule has 3 nitrogen and oxygen atoms in total. The van der Waals surface area contributed by atoms with E-state index in [2.05, 4.69) is 28.0 Å². The van der Waals surface area contributed by atoms with E-state index in [0.29, 0.717) is 16.3 Å². The number of halogens is 3. The summed E-state index contributed by atoms with van der Waals surface area (Å²) in [5, 5.41) is 0.578. The average molecular weight is 407 g/mol. The normalized spacial score (nSPS) is 12.2. The van der Waals surface area contributed by atoms with E-state index in [0.717, 1.165) is 9.13 Å². The van der Waals surface area contributed by atoms with Gasteiger partial charge in [0.2, 0.25) is 0 Å². The van der Waals surface area contributed by atoms with Gasteiger partial charge in [0.15, 0.2) is 0 Å². The Morgan fingerprint density at radius 3 is 2.60 bits per heavy atom. The smallest absolute Gasteiger partial charge is 0.132 e. The third-order valence-corrected chi connectivity index (χ3v) is 4.17. The molecule has 0 radical (unpaired) electrons. The fourth-order valence-corrected chi connectivity index (χ4v) is 2.78. The highest BCUT2D eigenvalue weighted by Crippen LogP contribution is 2.30. The Morgan fingerprint density at radius 1 is 1.25 bits per heavy atom. The van der Waals surface area contributed by atoms with Crippen LogP contribution in [0.4, 0.5) is 4.39 Å². The molecule has 0 aromatic heterocycles. The Balaban J connectivity index is 2.49. The number of hydrogen-bond donors (Lipinski definition) is 2. The molecule has 2 aromatic rings. The monoisotopic (exact) mass is 406 g/mol. The molecule has 0 spiro atoms. The molecule has 3 N–H and O–H groups in total. The van der Waals surface area contributed by atoms with Crippen LogP contribution >= 0.6 is 34.2 Å².